The van der Waals surface area contributed by atoms with Gasteiger partial charge in [-0.25, -0.2) is 9.59 Å². The minimum absolute atomic E-state index is 0.0317. The Balaban J connectivity index is 1.28. The van der Waals surface area contributed by atoms with Crippen LogP contribution in [0.15, 0.2) is 60.7 Å². The van der Waals surface area contributed by atoms with E-state index in [0.29, 0.717) is 34.7 Å². The molecule has 5 heteroatoms. The lowest BCUT2D eigenvalue weighted by atomic mass is 9.44. The van der Waals surface area contributed by atoms with Crippen molar-refractivity contribution in [1.82, 2.24) is 0 Å². The van der Waals surface area contributed by atoms with Crippen LogP contribution in [0.1, 0.15) is 92.9 Å². The fourth-order valence-corrected chi connectivity index (χ4v) is 9.63. The summed E-state index contributed by atoms with van der Waals surface area (Å²) in [7, 11) is 0. The second kappa shape index (κ2) is 10.5. The van der Waals surface area contributed by atoms with Crippen LogP contribution in [0.4, 0.5) is 0 Å². The number of esters is 2. The number of ether oxygens (including phenoxy) is 2. The molecule has 2 aromatic rings. The zero-order chi connectivity index (χ0) is 28.1. The highest BCUT2D eigenvalue weighted by Gasteiger charge is 2.64. The van der Waals surface area contributed by atoms with Crippen LogP contribution in [0.3, 0.4) is 0 Å². The van der Waals surface area contributed by atoms with Gasteiger partial charge in [0.2, 0.25) is 0 Å². The molecule has 3 unspecified atom stereocenters. The quantitative estimate of drug-likeness (QED) is 0.371. The van der Waals surface area contributed by atoms with Crippen molar-refractivity contribution in [3.63, 3.8) is 0 Å². The number of carbonyl (C=O) groups excluding carboxylic acids is 3. The fourth-order valence-electron chi connectivity index (χ4n) is 9.63. The van der Waals surface area contributed by atoms with Gasteiger partial charge in [-0.3, -0.25) is 4.79 Å². The number of fused-ring (bicyclic) bond motifs is 5. The molecule has 0 N–H and O–H groups in total. The average Bonchev–Trinajstić information content (AvgIpc) is 3.32. The summed E-state index contributed by atoms with van der Waals surface area (Å²) >= 11 is 0. The van der Waals surface area contributed by atoms with E-state index < -0.39 is 0 Å². The van der Waals surface area contributed by atoms with E-state index in [0.717, 1.165) is 51.4 Å². The van der Waals surface area contributed by atoms with Gasteiger partial charge in [-0.1, -0.05) is 50.2 Å². The van der Waals surface area contributed by atoms with Crippen molar-refractivity contribution in [3.05, 3.63) is 71.8 Å². The van der Waals surface area contributed by atoms with Gasteiger partial charge in [0.15, 0.2) is 0 Å². The zero-order valence-electron chi connectivity index (χ0n) is 24.0. The van der Waals surface area contributed by atoms with Gasteiger partial charge in [0, 0.05) is 11.8 Å². The standard InChI is InChI=1S/C35H42O5/c1-22(36)27-14-15-28-31-29(17-19-35(27,28)3)34(2)18-16-26(39-32(37)23-10-6-4-7-11-23)20-25(34)21-30(31)40-33(38)24-12-8-5-9-13-24/h4-13,25-31H,14-21H2,1-3H3/t25?,26?,27-,28+,29+,30?,31+,34+,35-/m1/s1. The lowest BCUT2D eigenvalue weighted by molar-refractivity contribution is -0.175. The molecule has 4 aliphatic carbocycles. The van der Waals surface area contributed by atoms with Crippen LogP contribution in [0, 0.1) is 40.4 Å². The van der Waals surface area contributed by atoms with Crippen LogP contribution >= 0.6 is 0 Å². The maximum atomic E-state index is 13.4. The maximum Gasteiger partial charge on any atom is 0.338 e. The summed E-state index contributed by atoms with van der Waals surface area (Å²) in [6.45, 7) is 6.53. The van der Waals surface area contributed by atoms with E-state index in [-0.39, 0.29) is 46.8 Å². The van der Waals surface area contributed by atoms with Crippen LogP contribution in [-0.2, 0) is 14.3 Å². The summed E-state index contributed by atoms with van der Waals surface area (Å²) in [6, 6.07) is 18.5. The molecule has 40 heavy (non-hydrogen) atoms. The molecular weight excluding hydrogens is 500 g/mol. The van der Waals surface area contributed by atoms with E-state index in [1.54, 1.807) is 19.1 Å². The Morgan fingerprint density at radius 2 is 1.27 bits per heavy atom. The van der Waals surface area contributed by atoms with Crippen molar-refractivity contribution in [2.75, 3.05) is 0 Å². The predicted molar refractivity (Wildman–Crippen MR) is 153 cm³/mol. The number of hydrogen-bond donors (Lipinski definition) is 0. The molecule has 0 radical (unpaired) electrons. The first-order valence-electron chi connectivity index (χ1n) is 15.2. The first-order chi connectivity index (χ1) is 19.2. The number of rotatable bonds is 5. The van der Waals surface area contributed by atoms with Crippen molar-refractivity contribution >= 4 is 17.7 Å². The largest absolute Gasteiger partial charge is 0.459 e. The van der Waals surface area contributed by atoms with Crippen molar-refractivity contribution in [1.29, 1.82) is 0 Å². The van der Waals surface area contributed by atoms with Gasteiger partial charge >= 0.3 is 11.9 Å². The number of ketones is 1. The Morgan fingerprint density at radius 3 is 1.90 bits per heavy atom. The van der Waals surface area contributed by atoms with Crippen molar-refractivity contribution in [3.8, 4) is 0 Å². The summed E-state index contributed by atoms with van der Waals surface area (Å²) < 4.78 is 12.5. The molecule has 0 amide bonds. The van der Waals surface area contributed by atoms with Crippen molar-refractivity contribution in [2.45, 2.75) is 84.3 Å². The van der Waals surface area contributed by atoms with Crippen LogP contribution in [-0.4, -0.2) is 29.9 Å². The van der Waals surface area contributed by atoms with E-state index in [1.165, 1.54) is 0 Å². The zero-order valence-corrected chi connectivity index (χ0v) is 24.0. The lowest BCUT2D eigenvalue weighted by Gasteiger charge is -2.62. The van der Waals surface area contributed by atoms with E-state index in [9.17, 15) is 14.4 Å². The molecule has 0 aliphatic heterocycles. The molecule has 4 saturated carbocycles. The Morgan fingerprint density at radius 1 is 0.700 bits per heavy atom. The molecule has 0 aromatic heterocycles. The highest BCUT2D eigenvalue weighted by atomic mass is 16.5. The van der Waals surface area contributed by atoms with Crippen molar-refractivity contribution < 1.29 is 23.9 Å². The molecule has 0 saturated heterocycles. The van der Waals surface area contributed by atoms with E-state index in [2.05, 4.69) is 13.8 Å². The van der Waals surface area contributed by atoms with E-state index in [4.69, 9.17) is 9.47 Å². The SMILES string of the molecule is CC(=O)[C@H]1CC[C@H]2[C@@H]3C(OC(=O)c4ccccc4)CC4CC(OC(=O)c5ccccc5)CC[C@]4(C)[C@H]3CC[C@]12C. The second-order valence-electron chi connectivity index (χ2n) is 13.5. The molecule has 4 aliphatic rings. The van der Waals surface area contributed by atoms with Crippen LogP contribution in [0.5, 0.6) is 0 Å². The fraction of sp³-hybridized carbons (Fsp3) is 0.571. The molecule has 6 rings (SSSR count). The lowest BCUT2D eigenvalue weighted by Crippen LogP contribution is -2.59. The summed E-state index contributed by atoms with van der Waals surface area (Å²) in [6.07, 6.45) is 7.20. The Kier molecular flexibility index (Phi) is 7.13. The van der Waals surface area contributed by atoms with E-state index >= 15 is 0 Å². The molecule has 0 spiro atoms. The third kappa shape index (κ3) is 4.59. The normalized spacial score (nSPS) is 38.3. The number of benzene rings is 2. The minimum Gasteiger partial charge on any atom is -0.459 e. The summed E-state index contributed by atoms with van der Waals surface area (Å²) in [5, 5.41) is 0. The smallest absolute Gasteiger partial charge is 0.338 e. The van der Waals surface area contributed by atoms with Crippen LogP contribution < -0.4 is 0 Å². The average molecular weight is 543 g/mol. The van der Waals surface area contributed by atoms with Gasteiger partial charge in [0.05, 0.1) is 11.1 Å². The Hall–Kier alpha value is -2.95. The summed E-state index contributed by atoms with van der Waals surface area (Å²) in [5.41, 5.74) is 1.24. The molecule has 9 atom stereocenters. The van der Waals surface area contributed by atoms with Gasteiger partial charge in [-0.2, -0.15) is 0 Å². The summed E-state index contributed by atoms with van der Waals surface area (Å²) in [4.78, 5) is 39.0. The third-order valence-corrected chi connectivity index (χ3v) is 11.7. The van der Waals surface area contributed by atoms with Crippen LogP contribution in [0.25, 0.3) is 0 Å². The van der Waals surface area contributed by atoms with Gasteiger partial charge in [-0.15, -0.1) is 0 Å². The van der Waals surface area contributed by atoms with Gasteiger partial charge in [0.25, 0.3) is 0 Å². The Labute approximate surface area is 238 Å². The molecule has 0 bridgehead atoms. The second-order valence-corrected chi connectivity index (χ2v) is 13.5. The number of carbonyl (C=O) groups is 3. The predicted octanol–water partition coefficient (Wildman–Crippen LogP) is 7.30. The highest BCUT2D eigenvalue weighted by Crippen LogP contribution is 2.68. The molecule has 212 valence electrons. The van der Waals surface area contributed by atoms with E-state index in [1.807, 2.05) is 48.5 Å². The maximum absolute atomic E-state index is 13.4. The minimum atomic E-state index is -0.260. The number of Topliss-reactive ketones (excluding diaryl/α,β-unsaturated/α-hetero) is 1. The highest BCUT2D eigenvalue weighted by molar-refractivity contribution is 5.90. The molecular formula is C35H42O5. The summed E-state index contributed by atoms with van der Waals surface area (Å²) in [5.74, 6) is 1.24. The van der Waals surface area contributed by atoms with Crippen molar-refractivity contribution in [2.24, 2.45) is 40.4 Å². The first kappa shape index (κ1) is 27.2. The molecule has 0 heterocycles. The third-order valence-electron chi connectivity index (χ3n) is 11.7. The monoisotopic (exact) mass is 542 g/mol. The van der Waals surface area contributed by atoms with Gasteiger partial charge < -0.3 is 9.47 Å². The molecule has 2 aromatic carbocycles. The number of hydrogen-bond acceptors (Lipinski definition) is 5. The topological polar surface area (TPSA) is 69.7 Å². The first-order valence-corrected chi connectivity index (χ1v) is 15.2. The molecule has 4 fully saturated rings. The molecule has 5 nitrogen and oxygen atoms in total. The van der Waals surface area contributed by atoms with Crippen LogP contribution in [0.2, 0.25) is 0 Å². The van der Waals surface area contributed by atoms with Gasteiger partial charge in [-0.05, 0) is 111 Å². The Bertz CT molecular complexity index is 1260. The van der Waals surface area contributed by atoms with Gasteiger partial charge in [0.1, 0.15) is 18.0 Å².